The molecule has 41 heavy (non-hydrogen) atoms. The molecule has 4 aromatic rings. The molecule has 0 aliphatic rings. The predicted molar refractivity (Wildman–Crippen MR) is 152 cm³/mol. The van der Waals surface area contributed by atoms with E-state index < -0.39 is 32.5 Å². The van der Waals surface area contributed by atoms with Crippen molar-refractivity contribution in [3.63, 3.8) is 0 Å². The van der Waals surface area contributed by atoms with Crippen LogP contribution in [-0.4, -0.2) is 38.8 Å². The van der Waals surface area contributed by atoms with E-state index in [0.29, 0.717) is 43.0 Å². The molecule has 1 N–H and O–H groups in total. The van der Waals surface area contributed by atoms with Crippen LogP contribution in [0.15, 0.2) is 83.8 Å². The summed E-state index contributed by atoms with van der Waals surface area (Å²) in [6, 6.07) is 21.8. The molecule has 4 aromatic carbocycles. The number of hydrogen-bond acceptors (Lipinski definition) is 5. The zero-order chi connectivity index (χ0) is 29.6. The molecule has 0 atom stereocenters. The highest BCUT2D eigenvalue weighted by atomic mass is 32.2. The number of aryl methyl sites for hydroxylation is 1. The van der Waals surface area contributed by atoms with Crippen molar-refractivity contribution >= 4 is 32.6 Å². The largest absolute Gasteiger partial charge is 0.493 e. The maximum absolute atomic E-state index is 13.5. The maximum Gasteiger partial charge on any atom is 0.264 e. The second-order valence-electron chi connectivity index (χ2n) is 9.70. The van der Waals surface area contributed by atoms with Crippen LogP contribution in [0.3, 0.4) is 0 Å². The third-order valence-electron chi connectivity index (χ3n) is 6.62. The minimum atomic E-state index is -4.38. The Balaban J connectivity index is 1.45. The average Bonchev–Trinajstić information content (AvgIpc) is 2.93. The highest BCUT2D eigenvalue weighted by molar-refractivity contribution is 7.90. The summed E-state index contributed by atoms with van der Waals surface area (Å²) in [4.78, 5) is 25.2. The molecule has 10 heteroatoms. The Labute approximate surface area is 237 Å². The number of ether oxygens (including phenoxy) is 1. The number of carbonyl (C=O) groups excluding carboxylic acids is 2. The fraction of sp³-hybridized carbons (Fsp3) is 0.226. The maximum atomic E-state index is 13.5. The number of hydrogen-bond donors (Lipinski definition) is 1. The van der Waals surface area contributed by atoms with E-state index in [1.807, 2.05) is 47.2 Å². The summed E-state index contributed by atoms with van der Waals surface area (Å²) in [5.74, 6) is -2.90. The van der Waals surface area contributed by atoms with Crippen molar-refractivity contribution < 1.29 is 31.5 Å². The van der Waals surface area contributed by atoms with Gasteiger partial charge >= 0.3 is 0 Å². The summed E-state index contributed by atoms with van der Waals surface area (Å²) in [7, 11) is -2.69. The molecule has 0 radical (unpaired) electrons. The van der Waals surface area contributed by atoms with E-state index >= 15 is 0 Å². The molecular weight excluding hydrogens is 550 g/mol. The lowest BCUT2D eigenvalue weighted by atomic mass is 10.0. The van der Waals surface area contributed by atoms with E-state index in [-0.39, 0.29) is 18.7 Å². The topological polar surface area (TPSA) is 92.8 Å². The van der Waals surface area contributed by atoms with Gasteiger partial charge in [-0.15, -0.1) is 0 Å². The van der Waals surface area contributed by atoms with E-state index in [0.717, 1.165) is 28.0 Å². The lowest BCUT2D eigenvalue weighted by Crippen LogP contribution is -2.30. The highest BCUT2D eigenvalue weighted by Gasteiger charge is 2.20. The van der Waals surface area contributed by atoms with E-state index in [4.69, 9.17) is 4.74 Å². The number of amides is 2. The number of nitrogens with one attached hydrogen (secondary N) is 1. The molecule has 214 valence electrons. The molecule has 4 rings (SSSR count). The van der Waals surface area contributed by atoms with Gasteiger partial charge in [-0.3, -0.25) is 9.59 Å². The molecule has 0 fully saturated rings. The minimum Gasteiger partial charge on any atom is -0.493 e. The first kappa shape index (κ1) is 29.7. The monoisotopic (exact) mass is 580 g/mol. The number of nitrogens with zero attached hydrogens (tertiary/aromatic N) is 1. The second-order valence-corrected chi connectivity index (χ2v) is 11.4. The molecule has 7 nitrogen and oxygen atoms in total. The smallest absolute Gasteiger partial charge is 0.264 e. The van der Waals surface area contributed by atoms with Crippen LogP contribution in [0.2, 0.25) is 0 Å². The van der Waals surface area contributed by atoms with Crippen molar-refractivity contribution in [3.8, 4) is 5.75 Å². The molecule has 0 aromatic heterocycles. The summed E-state index contributed by atoms with van der Waals surface area (Å²) in [5, 5.41) is 2.27. The van der Waals surface area contributed by atoms with Crippen LogP contribution in [0.5, 0.6) is 5.75 Å². The SMILES string of the molecule is CC(=O)N(C)Cc1ccc(CCC(=O)NS(=O)(=O)c2ccc(F)c(F)c2)c(OCCc2ccc3ccccc3c2)c1. The summed E-state index contributed by atoms with van der Waals surface area (Å²) in [6.45, 7) is 2.19. The standard InChI is InChI=1S/C31H30F2N2O5S/c1-21(36)35(2)20-23-8-10-25(11-14-31(37)34-41(38,39)27-12-13-28(32)29(33)19-27)30(18-23)40-16-15-22-7-9-24-5-3-4-6-26(24)17-22/h3-10,12-13,17-19H,11,14-16,20H2,1-2H3,(H,34,37). The normalized spacial score (nSPS) is 11.3. The van der Waals surface area contributed by atoms with Gasteiger partial charge in [0.25, 0.3) is 10.0 Å². The van der Waals surface area contributed by atoms with Crippen LogP contribution in [0.1, 0.15) is 30.0 Å². The molecule has 0 heterocycles. The molecule has 0 spiro atoms. The number of benzene rings is 4. The van der Waals surface area contributed by atoms with Crippen LogP contribution in [-0.2, 0) is 39.0 Å². The van der Waals surface area contributed by atoms with Crippen LogP contribution in [0.25, 0.3) is 10.8 Å². The van der Waals surface area contributed by atoms with Gasteiger partial charge < -0.3 is 9.64 Å². The van der Waals surface area contributed by atoms with Gasteiger partial charge in [0.15, 0.2) is 11.6 Å². The van der Waals surface area contributed by atoms with Gasteiger partial charge in [0.05, 0.1) is 11.5 Å². The quantitative estimate of drug-likeness (QED) is 0.265. The third kappa shape index (κ3) is 7.88. The Hall–Kier alpha value is -4.31. The Kier molecular flexibility index (Phi) is 9.34. The van der Waals surface area contributed by atoms with Crippen molar-refractivity contribution in [1.82, 2.24) is 9.62 Å². The van der Waals surface area contributed by atoms with E-state index in [2.05, 4.69) is 12.1 Å². The summed E-state index contributed by atoms with van der Waals surface area (Å²) < 4.78 is 59.7. The van der Waals surface area contributed by atoms with Gasteiger partial charge in [-0.25, -0.2) is 21.9 Å². The number of rotatable bonds is 11. The van der Waals surface area contributed by atoms with E-state index in [1.165, 1.54) is 6.92 Å². The first-order chi connectivity index (χ1) is 19.5. The highest BCUT2D eigenvalue weighted by Crippen LogP contribution is 2.24. The number of carbonyl (C=O) groups is 2. The molecule has 0 aliphatic carbocycles. The van der Waals surface area contributed by atoms with E-state index in [9.17, 15) is 26.8 Å². The Morgan fingerprint density at radius 1 is 0.854 bits per heavy atom. The van der Waals surface area contributed by atoms with Crippen LogP contribution >= 0.6 is 0 Å². The van der Waals surface area contributed by atoms with Crippen LogP contribution in [0, 0.1) is 11.6 Å². The average molecular weight is 581 g/mol. The first-order valence-corrected chi connectivity index (χ1v) is 14.4. The second kappa shape index (κ2) is 12.9. The van der Waals surface area contributed by atoms with Gasteiger partial charge in [-0.05, 0) is 58.1 Å². The van der Waals surface area contributed by atoms with Gasteiger partial charge in [-0.2, -0.15) is 0 Å². The molecule has 0 unspecified atom stereocenters. The van der Waals surface area contributed by atoms with Crippen LogP contribution in [0.4, 0.5) is 8.78 Å². The molecule has 2 amide bonds. The Morgan fingerprint density at radius 3 is 2.32 bits per heavy atom. The van der Waals surface area contributed by atoms with Crippen molar-refractivity contribution in [3.05, 3.63) is 107 Å². The van der Waals surface area contributed by atoms with Crippen molar-refractivity contribution in [2.45, 2.75) is 37.6 Å². The van der Waals surface area contributed by atoms with Gasteiger partial charge in [-0.1, -0.05) is 54.6 Å². The first-order valence-electron chi connectivity index (χ1n) is 13.0. The Bertz CT molecular complexity index is 1690. The summed E-state index contributed by atoms with van der Waals surface area (Å²) >= 11 is 0. The minimum absolute atomic E-state index is 0.0910. The molecular formula is C31H30F2N2O5S. The molecule has 0 saturated heterocycles. The fourth-order valence-electron chi connectivity index (χ4n) is 4.25. The number of fused-ring (bicyclic) bond motifs is 1. The molecule has 0 aliphatic heterocycles. The zero-order valence-electron chi connectivity index (χ0n) is 22.7. The number of sulfonamides is 1. The predicted octanol–water partition coefficient (Wildman–Crippen LogP) is 5.16. The lowest BCUT2D eigenvalue weighted by Gasteiger charge is -2.18. The van der Waals surface area contributed by atoms with Crippen LogP contribution < -0.4 is 9.46 Å². The Morgan fingerprint density at radius 2 is 1.59 bits per heavy atom. The zero-order valence-corrected chi connectivity index (χ0v) is 23.5. The van der Waals surface area contributed by atoms with Gasteiger partial charge in [0, 0.05) is 33.4 Å². The van der Waals surface area contributed by atoms with E-state index in [1.54, 1.807) is 18.0 Å². The van der Waals surface area contributed by atoms with Gasteiger partial charge in [0.2, 0.25) is 11.8 Å². The van der Waals surface area contributed by atoms with Crippen molar-refractivity contribution in [1.29, 1.82) is 0 Å². The lowest BCUT2D eigenvalue weighted by molar-refractivity contribution is -0.128. The number of halogens is 2. The fourth-order valence-corrected chi connectivity index (χ4v) is 5.27. The summed E-state index contributed by atoms with van der Waals surface area (Å²) in [6.07, 6.45) is 0.596. The molecule has 0 bridgehead atoms. The van der Waals surface area contributed by atoms with Crippen molar-refractivity contribution in [2.24, 2.45) is 0 Å². The summed E-state index contributed by atoms with van der Waals surface area (Å²) in [5.41, 5.74) is 2.61. The van der Waals surface area contributed by atoms with Gasteiger partial charge in [0.1, 0.15) is 5.75 Å². The van der Waals surface area contributed by atoms with Crippen molar-refractivity contribution in [2.75, 3.05) is 13.7 Å². The third-order valence-corrected chi connectivity index (χ3v) is 7.99. The molecule has 0 saturated carbocycles.